The van der Waals surface area contributed by atoms with Gasteiger partial charge in [0.05, 0.1) is 6.42 Å². The molecule has 21 heavy (non-hydrogen) atoms. The van der Waals surface area contributed by atoms with Gasteiger partial charge < -0.3 is 10.0 Å². The average Bonchev–Trinajstić information content (AvgIpc) is 2.88. The van der Waals surface area contributed by atoms with Crippen LogP contribution in [0.25, 0.3) is 0 Å². The minimum absolute atomic E-state index is 0.258. The predicted molar refractivity (Wildman–Crippen MR) is 84.9 cm³/mol. The van der Waals surface area contributed by atoms with Crippen LogP contribution in [-0.4, -0.2) is 65.4 Å². The first-order valence-electron chi connectivity index (χ1n) is 7.62. The summed E-state index contributed by atoms with van der Waals surface area (Å²) in [6.45, 7) is 5.95. The summed E-state index contributed by atoms with van der Waals surface area (Å²) in [6.07, 6.45) is 1.44. The van der Waals surface area contributed by atoms with Crippen LogP contribution in [0.15, 0.2) is 29.2 Å². The van der Waals surface area contributed by atoms with Crippen molar-refractivity contribution in [2.24, 2.45) is 0 Å². The van der Waals surface area contributed by atoms with Crippen molar-refractivity contribution in [2.75, 3.05) is 39.3 Å². The lowest BCUT2D eigenvalue weighted by Crippen LogP contribution is -2.48. The van der Waals surface area contributed by atoms with Crippen molar-refractivity contribution >= 4 is 17.7 Å². The monoisotopic (exact) mass is 306 g/mol. The number of aliphatic carboxylic acids is 1. The van der Waals surface area contributed by atoms with Crippen molar-refractivity contribution in [1.29, 1.82) is 0 Å². The van der Waals surface area contributed by atoms with Gasteiger partial charge in [-0.1, -0.05) is 18.2 Å². The maximum Gasteiger partial charge on any atom is 0.304 e. The van der Waals surface area contributed by atoms with Gasteiger partial charge in [-0.25, -0.2) is 0 Å². The van der Waals surface area contributed by atoms with E-state index in [0.717, 1.165) is 32.7 Å². The van der Waals surface area contributed by atoms with Crippen LogP contribution in [0.3, 0.4) is 0 Å². The Labute approximate surface area is 130 Å². The molecule has 0 spiro atoms. The molecule has 1 fully saturated rings. The number of carboxylic acids is 1. The number of benzene rings is 1. The molecule has 3 rings (SSSR count). The summed E-state index contributed by atoms with van der Waals surface area (Å²) >= 11 is 2.01. The molecule has 0 amide bonds. The summed E-state index contributed by atoms with van der Waals surface area (Å²) in [6, 6.07) is 8.72. The molecule has 1 atom stereocenters. The van der Waals surface area contributed by atoms with Gasteiger partial charge in [0.2, 0.25) is 0 Å². The maximum atomic E-state index is 10.6. The molecule has 1 aromatic carbocycles. The fraction of sp³-hybridized carbons (Fsp3) is 0.562. The SMILES string of the molecule is O=C(O)CCN1CCN(CC2Cc3ccccc3S2)CC1. The largest absolute Gasteiger partial charge is 0.481 e. The Bertz CT molecular complexity index is 476. The summed E-state index contributed by atoms with van der Waals surface area (Å²) in [5, 5.41) is 9.41. The van der Waals surface area contributed by atoms with E-state index >= 15 is 0 Å². The van der Waals surface area contributed by atoms with E-state index in [0.29, 0.717) is 11.8 Å². The number of fused-ring (bicyclic) bond motifs is 1. The Morgan fingerprint density at radius 2 is 1.90 bits per heavy atom. The first-order chi connectivity index (χ1) is 10.2. The van der Waals surface area contributed by atoms with Crippen molar-refractivity contribution in [1.82, 2.24) is 9.80 Å². The Kier molecular flexibility index (Phi) is 4.83. The van der Waals surface area contributed by atoms with E-state index in [9.17, 15) is 4.79 Å². The molecule has 2 aliphatic rings. The molecule has 1 saturated heterocycles. The number of carboxylic acid groups (broad SMARTS) is 1. The highest BCUT2D eigenvalue weighted by Crippen LogP contribution is 2.37. The zero-order valence-corrected chi connectivity index (χ0v) is 13.0. The van der Waals surface area contributed by atoms with Gasteiger partial charge in [-0.2, -0.15) is 0 Å². The van der Waals surface area contributed by atoms with Crippen LogP contribution in [-0.2, 0) is 11.2 Å². The Hall–Kier alpha value is -1.04. The molecule has 1 unspecified atom stereocenters. The second-order valence-electron chi connectivity index (χ2n) is 5.84. The number of piperazine rings is 1. The standard InChI is InChI=1S/C16H22N2O2S/c19-16(20)5-6-17-7-9-18(10-8-17)12-14-11-13-3-1-2-4-15(13)21-14/h1-4,14H,5-12H2,(H,19,20). The minimum Gasteiger partial charge on any atom is -0.481 e. The van der Waals surface area contributed by atoms with Crippen LogP contribution in [0.4, 0.5) is 0 Å². The molecular formula is C16H22N2O2S. The zero-order chi connectivity index (χ0) is 14.7. The molecule has 0 aliphatic carbocycles. The van der Waals surface area contributed by atoms with Crippen LogP contribution in [0.1, 0.15) is 12.0 Å². The first kappa shape index (κ1) is 14.9. The van der Waals surface area contributed by atoms with E-state index < -0.39 is 5.97 Å². The summed E-state index contributed by atoms with van der Waals surface area (Å²) in [4.78, 5) is 16.8. The van der Waals surface area contributed by atoms with Crippen LogP contribution in [0.2, 0.25) is 0 Å². The predicted octanol–water partition coefficient (Wildman–Crippen LogP) is 1.80. The fourth-order valence-electron chi connectivity index (χ4n) is 3.09. The highest BCUT2D eigenvalue weighted by molar-refractivity contribution is 8.00. The summed E-state index contributed by atoms with van der Waals surface area (Å²) in [7, 11) is 0. The normalized spacial score (nSPS) is 23.1. The van der Waals surface area contributed by atoms with Crippen molar-refractivity contribution in [3.63, 3.8) is 0 Å². The van der Waals surface area contributed by atoms with E-state index in [1.807, 2.05) is 11.8 Å². The molecule has 5 heteroatoms. The first-order valence-corrected chi connectivity index (χ1v) is 8.50. The van der Waals surface area contributed by atoms with E-state index in [-0.39, 0.29) is 6.42 Å². The third-order valence-corrected chi connectivity index (χ3v) is 5.58. The molecule has 0 radical (unpaired) electrons. The topological polar surface area (TPSA) is 43.8 Å². The second kappa shape index (κ2) is 6.81. The number of hydrogen-bond acceptors (Lipinski definition) is 4. The third-order valence-electron chi connectivity index (χ3n) is 4.28. The summed E-state index contributed by atoms with van der Waals surface area (Å²) in [5.41, 5.74) is 1.49. The van der Waals surface area contributed by atoms with Crippen LogP contribution < -0.4 is 0 Å². The van der Waals surface area contributed by atoms with E-state index in [1.165, 1.54) is 16.9 Å². The van der Waals surface area contributed by atoms with Crippen molar-refractivity contribution in [2.45, 2.75) is 23.0 Å². The van der Waals surface area contributed by atoms with Gasteiger partial charge in [-0.3, -0.25) is 9.69 Å². The van der Waals surface area contributed by atoms with E-state index in [1.54, 1.807) is 0 Å². The molecule has 114 valence electrons. The molecule has 2 heterocycles. The summed E-state index contributed by atoms with van der Waals surface area (Å²) in [5.74, 6) is -0.697. The number of hydrogen-bond donors (Lipinski definition) is 1. The Morgan fingerprint density at radius 3 is 2.62 bits per heavy atom. The lowest BCUT2D eigenvalue weighted by Gasteiger charge is -2.35. The Balaban J connectivity index is 1.41. The van der Waals surface area contributed by atoms with Crippen LogP contribution in [0.5, 0.6) is 0 Å². The molecule has 2 aliphatic heterocycles. The number of thioether (sulfide) groups is 1. The molecule has 4 nitrogen and oxygen atoms in total. The maximum absolute atomic E-state index is 10.6. The van der Waals surface area contributed by atoms with Gasteiger partial charge in [0.1, 0.15) is 0 Å². The van der Waals surface area contributed by atoms with Gasteiger partial charge in [-0.15, -0.1) is 11.8 Å². The fourth-order valence-corrected chi connectivity index (χ4v) is 4.46. The van der Waals surface area contributed by atoms with Gasteiger partial charge in [0, 0.05) is 49.4 Å². The molecule has 1 aromatic rings. The third kappa shape index (κ3) is 3.99. The molecule has 1 N–H and O–H groups in total. The van der Waals surface area contributed by atoms with Crippen molar-refractivity contribution in [3.05, 3.63) is 29.8 Å². The van der Waals surface area contributed by atoms with Gasteiger partial charge in [0.15, 0.2) is 0 Å². The van der Waals surface area contributed by atoms with E-state index in [2.05, 4.69) is 34.1 Å². The highest BCUT2D eigenvalue weighted by Gasteiger charge is 2.25. The lowest BCUT2D eigenvalue weighted by molar-refractivity contribution is -0.137. The molecule has 0 aromatic heterocycles. The number of nitrogens with zero attached hydrogens (tertiary/aromatic N) is 2. The Morgan fingerprint density at radius 1 is 1.19 bits per heavy atom. The summed E-state index contributed by atoms with van der Waals surface area (Å²) < 4.78 is 0. The van der Waals surface area contributed by atoms with Gasteiger partial charge in [0.25, 0.3) is 0 Å². The molecule has 0 saturated carbocycles. The van der Waals surface area contributed by atoms with E-state index in [4.69, 9.17) is 5.11 Å². The average molecular weight is 306 g/mol. The quantitative estimate of drug-likeness (QED) is 0.898. The smallest absolute Gasteiger partial charge is 0.304 e. The van der Waals surface area contributed by atoms with Gasteiger partial charge in [-0.05, 0) is 18.1 Å². The van der Waals surface area contributed by atoms with Gasteiger partial charge >= 0.3 is 5.97 Å². The molecule has 0 bridgehead atoms. The van der Waals surface area contributed by atoms with Crippen LogP contribution >= 0.6 is 11.8 Å². The number of rotatable bonds is 5. The minimum atomic E-state index is -0.697. The zero-order valence-electron chi connectivity index (χ0n) is 12.2. The highest BCUT2D eigenvalue weighted by atomic mass is 32.2. The van der Waals surface area contributed by atoms with Crippen LogP contribution in [0, 0.1) is 0 Å². The molecular weight excluding hydrogens is 284 g/mol. The van der Waals surface area contributed by atoms with Crippen molar-refractivity contribution < 1.29 is 9.90 Å². The number of carbonyl (C=O) groups is 1. The second-order valence-corrected chi connectivity index (χ2v) is 7.18. The van der Waals surface area contributed by atoms with Crippen molar-refractivity contribution in [3.8, 4) is 0 Å². The lowest BCUT2D eigenvalue weighted by atomic mass is 10.1.